The van der Waals surface area contributed by atoms with Gasteiger partial charge in [-0.3, -0.25) is 0 Å². The zero-order valence-corrected chi connectivity index (χ0v) is 17.3. The molecule has 0 saturated heterocycles. The van der Waals surface area contributed by atoms with Gasteiger partial charge in [-0.15, -0.1) is 0 Å². The van der Waals surface area contributed by atoms with Gasteiger partial charge < -0.3 is 4.74 Å². The highest BCUT2D eigenvalue weighted by Crippen LogP contribution is 2.39. The topological polar surface area (TPSA) is 29.3 Å². The third-order valence-corrected chi connectivity index (χ3v) is 5.36. The number of nitrogens with zero attached hydrogens (tertiary/aromatic N) is 1. The summed E-state index contributed by atoms with van der Waals surface area (Å²) in [6, 6.07) is 23.8. The quantitative estimate of drug-likeness (QED) is 0.447. The van der Waals surface area contributed by atoms with Crippen LogP contribution in [0.3, 0.4) is 0 Å². The van der Waals surface area contributed by atoms with E-state index >= 15 is 0 Å². The van der Waals surface area contributed by atoms with E-state index in [1.807, 2.05) is 66.7 Å². The largest absolute Gasteiger partial charge is 0.489 e. The van der Waals surface area contributed by atoms with E-state index in [0.717, 1.165) is 44.0 Å². The third-order valence-electron chi connectivity index (χ3n) is 5.11. The molecule has 3 aromatic carbocycles. The van der Waals surface area contributed by atoms with Crippen LogP contribution < -0.4 is 4.74 Å². The van der Waals surface area contributed by atoms with E-state index in [4.69, 9.17) is 16.3 Å². The van der Waals surface area contributed by atoms with Gasteiger partial charge >= 0.3 is 0 Å². The maximum absolute atomic E-state index is 12.9. The van der Waals surface area contributed by atoms with E-state index in [-0.39, 0.29) is 5.92 Å². The minimum absolute atomic E-state index is 0.111. The number of fused-ring (bicyclic) bond motifs is 1. The summed E-state index contributed by atoms with van der Waals surface area (Å²) in [6.07, 6.45) is 0. The van der Waals surface area contributed by atoms with E-state index in [2.05, 4.69) is 19.9 Å². The van der Waals surface area contributed by atoms with Gasteiger partial charge in [0.15, 0.2) is 0 Å². The van der Waals surface area contributed by atoms with Crippen molar-refractivity contribution in [3.8, 4) is 5.75 Å². The lowest BCUT2D eigenvalue weighted by molar-refractivity contribution is -0.522. The highest BCUT2D eigenvalue weighted by molar-refractivity contribution is 6.30. The van der Waals surface area contributed by atoms with Gasteiger partial charge in [0.1, 0.15) is 12.4 Å². The molecule has 146 valence electrons. The zero-order valence-electron chi connectivity index (χ0n) is 16.6. The number of ether oxygens (including phenoxy) is 1. The van der Waals surface area contributed by atoms with Gasteiger partial charge in [-0.05, 0) is 47.0 Å². The molecule has 0 amide bonds. The molecule has 1 heterocycles. The molecule has 0 aliphatic carbocycles. The van der Waals surface area contributed by atoms with Gasteiger partial charge in [-0.1, -0.05) is 67.9 Å². The molecule has 0 fully saturated rings. The summed E-state index contributed by atoms with van der Waals surface area (Å²) in [5.41, 5.74) is 5.94. The van der Waals surface area contributed by atoms with Crippen LogP contribution in [0, 0.1) is 10.8 Å². The van der Waals surface area contributed by atoms with Crippen molar-refractivity contribution in [3.05, 3.63) is 111 Å². The number of hydrogen-bond acceptors (Lipinski definition) is 2. The van der Waals surface area contributed by atoms with Gasteiger partial charge in [0.2, 0.25) is 12.2 Å². The molecule has 0 N–H and O–H groups in total. The van der Waals surface area contributed by atoms with Crippen molar-refractivity contribution >= 4 is 17.2 Å². The first-order chi connectivity index (χ1) is 14.0. The lowest BCUT2D eigenvalue weighted by Crippen LogP contribution is -2.21. The van der Waals surface area contributed by atoms with E-state index in [0.29, 0.717) is 18.2 Å². The Kier molecular flexibility index (Phi) is 5.50. The van der Waals surface area contributed by atoms with Crippen molar-refractivity contribution in [2.45, 2.75) is 27.0 Å². The Morgan fingerprint density at radius 3 is 2.41 bits per heavy atom. The average Bonchev–Trinajstić information content (AvgIpc) is 2.72. The monoisotopic (exact) mass is 404 g/mol. The van der Waals surface area contributed by atoms with Gasteiger partial charge in [0, 0.05) is 26.2 Å². The molecule has 0 unspecified atom stereocenters. The van der Waals surface area contributed by atoms with E-state index < -0.39 is 0 Å². The van der Waals surface area contributed by atoms with Gasteiger partial charge in [0.25, 0.3) is 0 Å². The van der Waals surface area contributed by atoms with Gasteiger partial charge in [-0.2, -0.15) is 0 Å². The average molecular weight is 405 g/mol. The van der Waals surface area contributed by atoms with Crippen LogP contribution >= 0.6 is 11.6 Å². The van der Waals surface area contributed by atoms with Crippen molar-refractivity contribution in [1.82, 2.24) is 0 Å². The van der Waals surface area contributed by atoms with Crippen molar-refractivity contribution in [2.24, 2.45) is 5.92 Å². The van der Waals surface area contributed by atoms with Crippen LogP contribution in [0.15, 0.2) is 78.5 Å². The van der Waals surface area contributed by atoms with Crippen LogP contribution in [0.25, 0.3) is 5.57 Å². The second kappa shape index (κ2) is 8.22. The fourth-order valence-corrected chi connectivity index (χ4v) is 3.90. The smallest absolute Gasteiger partial charge is 0.244 e. The summed E-state index contributed by atoms with van der Waals surface area (Å²) in [7, 11) is 0. The van der Waals surface area contributed by atoms with Crippen LogP contribution in [-0.2, 0) is 13.2 Å². The van der Waals surface area contributed by atoms with Crippen molar-refractivity contribution in [2.75, 3.05) is 0 Å². The molecule has 4 rings (SSSR count). The number of hydrogen-bond donors (Lipinski definition) is 0. The number of halogens is 1. The van der Waals surface area contributed by atoms with Crippen LogP contribution in [0.1, 0.15) is 36.1 Å². The SMILES string of the molecule is CC(C)C1=C(c2ccc(Cl)cc2)c2ccc(OCc3ccccc3)cc2C[N+]1=O. The minimum Gasteiger partial charge on any atom is -0.489 e. The highest BCUT2D eigenvalue weighted by Gasteiger charge is 2.35. The Balaban J connectivity index is 1.72. The maximum Gasteiger partial charge on any atom is 0.244 e. The highest BCUT2D eigenvalue weighted by atomic mass is 35.5. The first kappa shape index (κ1) is 19.4. The van der Waals surface area contributed by atoms with Crippen LogP contribution in [0.4, 0.5) is 0 Å². The molecular weight excluding hydrogens is 382 g/mol. The zero-order chi connectivity index (χ0) is 20.4. The minimum atomic E-state index is 0.111. The molecule has 0 saturated carbocycles. The summed E-state index contributed by atoms with van der Waals surface area (Å²) >= 11 is 6.08. The van der Waals surface area contributed by atoms with Crippen molar-refractivity contribution < 1.29 is 9.50 Å². The molecule has 0 atom stereocenters. The molecule has 3 aromatic rings. The van der Waals surface area contributed by atoms with Gasteiger partial charge in [0.05, 0.1) is 5.57 Å². The standard InChI is InChI=1S/C25H23ClNO2/c1-17(2)25-24(19-8-10-21(26)11-9-19)23-13-12-22(14-20(23)15-27(25)28)29-16-18-6-4-3-5-7-18/h3-14,17H,15-16H2,1-2H3/q+1. The lowest BCUT2D eigenvalue weighted by atomic mass is 9.86. The Hall–Kier alpha value is -2.91. The fourth-order valence-electron chi connectivity index (χ4n) is 3.77. The van der Waals surface area contributed by atoms with Gasteiger partial charge in [-0.25, -0.2) is 0 Å². The second-order valence-corrected chi connectivity index (χ2v) is 7.99. The second-order valence-electron chi connectivity index (χ2n) is 7.55. The maximum atomic E-state index is 12.9. The Morgan fingerprint density at radius 1 is 1.00 bits per heavy atom. The summed E-state index contributed by atoms with van der Waals surface area (Å²) in [6.45, 7) is 4.93. The molecule has 1 aliphatic rings. The predicted molar refractivity (Wildman–Crippen MR) is 117 cm³/mol. The molecule has 1 aliphatic heterocycles. The lowest BCUT2D eigenvalue weighted by Gasteiger charge is -2.20. The van der Waals surface area contributed by atoms with Crippen LogP contribution in [0.2, 0.25) is 5.02 Å². The Bertz CT molecular complexity index is 1070. The molecule has 0 aromatic heterocycles. The molecule has 29 heavy (non-hydrogen) atoms. The molecule has 0 spiro atoms. The normalized spacial score (nSPS) is 13.6. The summed E-state index contributed by atoms with van der Waals surface area (Å²) in [4.78, 5) is 12.9. The Labute approximate surface area is 176 Å². The molecule has 0 radical (unpaired) electrons. The summed E-state index contributed by atoms with van der Waals surface area (Å²) < 4.78 is 7.08. The van der Waals surface area contributed by atoms with Crippen molar-refractivity contribution in [3.63, 3.8) is 0 Å². The number of benzene rings is 3. The molecule has 4 heteroatoms. The third kappa shape index (κ3) is 4.10. The predicted octanol–water partition coefficient (Wildman–Crippen LogP) is 6.63. The molecular formula is C25H23ClNO2+. The Morgan fingerprint density at radius 2 is 1.72 bits per heavy atom. The summed E-state index contributed by atoms with van der Waals surface area (Å²) in [5, 5.41) is 0.681. The fraction of sp³-hybridized carbons (Fsp3) is 0.200. The van der Waals surface area contributed by atoms with E-state index in [1.54, 1.807) is 0 Å². The van der Waals surface area contributed by atoms with Crippen molar-refractivity contribution in [1.29, 1.82) is 0 Å². The summed E-state index contributed by atoms with van der Waals surface area (Å²) in [5.74, 6) is 0.879. The molecule has 3 nitrogen and oxygen atoms in total. The van der Waals surface area contributed by atoms with Crippen LogP contribution in [0.5, 0.6) is 5.75 Å². The van der Waals surface area contributed by atoms with E-state index in [9.17, 15) is 4.91 Å². The number of rotatable bonds is 5. The van der Waals surface area contributed by atoms with E-state index in [1.165, 1.54) is 0 Å². The number of allylic oxidation sites excluding steroid dienone is 1. The first-order valence-corrected chi connectivity index (χ1v) is 10.2. The first-order valence-electron chi connectivity index (χ1n) is 9.77. The molecule has 0 bridgehead atoms. The van der Waals surface area contributed by atoms with Crippen LogP contribution in [-0.4, -0.2) is 4.76 Å². The number of nitroso groups, excluding NO2 is 1.